The van der Waals surface area contributed by atoms with Crippen molar-refractivity contribution >= 4 is 28.9 Å². The van der Waals surface area contributed by atoms with Crippen LogP contribution in [0.5, 0.6) is 0 Å². The van der Waals surface area contributed by atoms with Gasteiger partial charge < -0.3 is 10.6 Å². The molecular weight excluding hydrogens is 360 g/mol. The zero-order valence-electron chi connectivity index (χ0n) is 15.0. The molecule has 3 N–H and O–H groups in total. The number of hydrogen-bond donors (Lipinski definition) is 3. The number of halogens is 1. The average Bonchev–Trinajstić information content (AvgIpc) is 3.41. The zero-order valence-corrected chi connectivity index (χ0v) is 15.8. The van der Waals surface area contributed by atoms with Crippen LogP contribution in [0.1, 0.15) is 53.5 Å². The van der Waals surface area contributed by atoms with E-state index < -0.39 is 0 Å². The van der Waals surface area contributed by atoms with Crippen LogP contribution in [-0.2, 0) is 0 Å². The van der Waals surface area contributed by atoms with Crippen molar-refractivity contribution in [2.24, 2.45) is 0 Å². The van der Waals surface area contributed by atoms with E-state index in [0.29, 0.717) is 22.3 Å². The van der Waals surface area contributed by atoms with E-state index >= 15 is 0 Å². The van der Waals surface area contributed by atoms with Crippen LogP contribution < -0.4 is 10.6 Å². The number of hydrogen-bond acceptors (Lipinski definition) is 3. The highest BCUT2D eigenvalue weighted by Gasteiger charge is 2.26. The third-order valence-electron chi connectivity index (χ3n) is 4.75. The molecular formula is C21H21ClN4O. The molecule has 1 saturated carbocycles. The number of anilines is 2. The fraction of sp³-hybridized carbons (Fsp3) is 0.238. The number of aromatic nitrogens is 2. The second-order valence-corrected chi connectivity index (χ2v) is 7.32. The molecule has 2 aromatic carbocycles. The number of H-pyrrole nitrogens is 1. The van der Waals surface area contributed by atoms with Crippen LogP contribution >= 0.6 is 11.6 Å². The molecule has 1 fully saturated rings. The highest BCUT2D eigenvalue weighted by Crippen LogP contribution is 2.39. The SMILES string of the molecule is CC(Nc1ccc(NC(=O)c2cc(C3CC3)[nH]n2)cc1Cl)c1ccccc1. The molecule has 1 amide bonds. The number of nitrogens with zero attached hydrogens (tertiary/aromatic N) is 1. The van der Waals surface area contributed by atoms with Crippen molar-refractivity contribution in [3.8, 4) is 0 Å². The number of carbonyl (C=O) groups is 1. The summed E-state index contributed by atoms with van der Waals surface area (Å²) in [5, 5.41) is 13.9. The van der Waals surface area contributed by atoms with Crippen LogP contribution in [-0.4, -0.2) is 16.1 Å². The predicted octanol–water partition coefficient (Wildman–Crippen LogP) is 5.37. The van der Waals surface area contributed by atoms with Crippen LogP contribution in [0.3, 0.4) is 0 Å². The first-order valence-corrected chi connectivity index (χ1v) is 9.45. The minimum Gasteiger partial charge on any atom is -0.377 e. The lowest BCUT2D eigenvalue weighted by atomic mass is 10.1. The topological polar surface area (TPSA) is 69.8 Å². The molecule has 0 bridgehead atoms. The van der Waals surface area contributed by atoms with Gasteiger partial charge in [-0.05, 0) is 49.6 Å². The molecule has 27 heavy (non-hydrogen) atoms. The van der Waals surface area contributed by atoms with Crippen molar-refractivity contribution in [1.82, 2.24) is 10.2 Å². The molecule has 1 aliphatic carbocycles. The number of nitrogens with one attached hydrogen (secondary N) is 3. The Morgan fingerprint density at radius 3 is 2.67 bits per heavy atom. The van der Waals surface area contributed by atoms with E-state index in [-0.39, 0.29) is 11.9 Å². The first-order chi connectivity index (χ1) is 13.1. The van der Waals surface area contributed by atoms with Crippen LogP contribution in [0.4, 0.5) is 11.4 Å². The minimum absolute atomic E-state index is 0.119. The van der Waals surface area contributed by atoms with Crippen LogP contribution in [0.25, 0.3) is 0 Å². The maximum Gasteiger partial charge on any atom is 0.276 e. The number of benzene rings is 2. The minimum atomic E-state index is -0.243. The number of aromatic amines is 1. The third kappa shape index (κ3) is 4.14. The van der Waals surface area contributed by atoms with E-state index in [2.05, 4.69) is 39.9 Å². The maximum atomic E-state index is 12.4. The summed E-state index contributed by atoms with van der Waals surface area (Å²) in [7, 11) is 0. The fourth-order valence-corrected chi connectivity index (χ4v) is 3.25. The Balaban J connectivity index is 1.42. The molecule has 3 aromatic rings. The molecule has 0 spiro atoms. The zero-order chi connectivity index (χ0) is 18.8. The number of amides is 1. The second kappa shape index (κ2) is 7.45. The lowest BCUT2D eigenvalue weighted by Crippen LogP contribution is -2.12. The van der Waals surface area contributed by atoms with Crippen molar-refractivity contribution < 1.29 is 4.79 Å². The largest absolute Gasteiger partial charge is 0.377 e. The van der Waals surface area contributed by atoms with Gasteiger partial charge in [0.25, 0.3) is 5.91 Å². The van der Waals surface area contributed by atoms with E-state index in [1.807, 2.05) is 36.4 Å². The lowest BCUT2D eigenvalue weighted by molar-refractivity contribution is 0.102. The van der Waals surface area contributed by atoms with E-state index in [9.17, 15) is 4.79 Å². The van der Waals surface area contributed by atoms with Crippen LogP contribution in [0.15, 0.2) is 54.6 Å². The lowest BCUT2D eigenvalue weighted by Gasteiger charge is -2.17. The van der Waals surface area contributed by atoms with Crippen LogP contribution in [0.2, 0.25) is 5.02 Å². The molecule has 5 nitrogen and oxygen atoms in total. The molecule has 1 unspecified atom stereocenters. The summed E-state index contributed by atoms with van der Waals surface area (Å²) in [5.41, 5.74) is 4.07. The molecule has 0 saturated heterocycles. The fourth-order valence-electron chi connectivity index (χ4n) is 3.02. The molecule has 1 aromatic heterocycles. The van der Waals surface area contributed by atoms with Gasteiger partial charge in [0, 0.05) is 23.3 Å². The molecule has 138 valence electrons. The highest BCUT2D eigenvalue weighted by atomic mass is 35.5. The van der Waals surface area contributed by atoms with E-state index in [1.54, 1.807) is 6.07 Å². The van der Waals surface area contributed by atoms with E-state index in [1.165, 1.54) is 5.56 Å². The molecule has 4 rings (SSSR count). The standard InChI is InChI=1S/C21H21ClN4O/c1-13(14-5-3-2-4-6-14)23-18-10-9-16(11-17(18)22)24-21(27)20-12-19(25-26-20)15-7-8-15/h2-6,9-13,15,23H,7-8H2,1H3,(H,24,27)(H,25,26). The van der Waals surface area contributed by atoms with Gasteiger partial charge in [0.1, 0.15) is 0 Å². The summed E-state index contributed by atoms with van der Waals surface area (Å²) in [5.74, 6) is 0.290. The van der Waals surface area contributed by atoms with Gasteiger partial charge in [-0.15, -0.1) is 0 Å². The van der Waals surface area contributed by atoms with Crippen molar-refractivity contribution in [3.05, 3.63) is 76.6 Å². The Morgan fingerprint density at radius 2 is 1.96 bits per heavy atom. The van der Waals surface area contributed by atoms with Gasteiger partial charge in [-0.3, -0.25) is 9.89 Å². The van der Waals surface area contributed by atoms with Crippen LogP contribution in [0, 0.1) is 0 Å². The second-order valence-electron chi connectivity index (χ2n) is 6.91. The van der Waals surface area contributed by atoms with Crippen molar-refractivity contribution in [1.29, 1.82) is 0 Å². The Kier molecular flexibility index (Phi) is 4.86. The van der Waals surface area contributed by atoms with E-state index in [4.69, 9.17) is 11.6 Å². The summed E-state index contributed by atoms with van der Waals surface area (Å²) in [6, 6.07) is 17.5. The smallest absolute Gasteiger partial charge is 0.276 e. The van der Waals surface area contributed by atoms with Gasteiger partial charge in [-0.25, -0.2) is 0 Å². The summed E-state index contributed by atoms with van der Waals surface area (Å²) in [4.78, 5) is 12.4. The molecule has 6 heteroatoms. The Labute approximate surface area is 163 Å². The summed E-state index contributed by atoms with van der Waals surface area (Å²) >= 11 is 6.41. The van der Waals surface area contributed by atoms with Gasteiger partial charge in [0.15, 0.2) is 5.69 Å². The summed E-state index contributed by atoms with van der Waals surface area (Å²) in [6.45, 7) is 2.08. The monoisotopic (exact) mass is 380 g/mol. The van der Waals surface area contributed by atoms with Gasteiger partial charge in [-0.2, -0.15) is 5.10 Å². The predicted molar refractivity (Wildman–Crippen MR) is 108 cm³/mol. The van der Waals surface area contributed by atoms with E-state index in [0.717, 1.165) is 24.2 Å². The molecule has 1 aliphatic rings. The Morgan fingerprint density at radius 1 is 1.19 bits per heavy atom. The van der Waals surface area contributed by atoms with Crippen molar-refractivity contribution in [3.63, 3.8) is 0 Å². The highest BCUT2D eigenvalue weighted by molar-refractivity contribution is 6.33. The number of carbonyl (C=O) groups excluding carboxylic acids is 1. The Bertz CT molecular complexity index is 950. The van der Waals surface area contributed by atoms with Crippen molar-refractivity contribution in [2.45, 2.75) is 31.7 Å². The summed E-state index contributed by atoms with van der Waals surface area (Å²) in [6.07, 6.45) is 2.32. The molecule has 0 radical (unpaired) electrons. The van der Waals surface area contributed by atoms with Gasteiger partial charge in [0.05, 0.1) is 10.7 Å². The average molecular weight is 381 g/mol. The Hall–Kier alpha value is -2.79. The quantitative estimate of drug-likeness (QED) is 0.538. The van der Waals surface area contributed by atoms with Gasteiger partial charge >= 0.3 is 0 Å². The van der Waals surface area contributed by atoms with Crippen molar-refractivity contribution in [2.75, 3.05) is 10.6 Å². The number of rotatable bonds is 6. The first kappa shape index (κ1) is 17.6. The first-order valence-electron chi connectivity index (χ1n) is 9.08. The van der Waals surface area contributed by atoms with Gasteiger partial charge in [-0.1, -0.05) is 41.9 Å². The molecule has 1 heterocycles. The molecule has 0 aliphatic heterocycles. The maximum absolute atomic E-state index is 12.4. The summed E-state index contributed by atoms with van der Waals surface area (Å²) < 4.78 is 0. The third-order valence-corrected chi connectivity index (χ3v) is 5.06. The molecule has 1 atom stereocenters. The van der Waals surface area contributed by atoms with Gasteiger partial charge in [0.2, 0.25) is 0 Å². The normalized spacial score (nSPS) is 14.6.